The van der Waals surface area contributed by atoms with Gasteiger partial charge in [-0.05, 0) is 62.5 Å². The summed E-state index contributed by atoms with van der Waals surface area (Å²) in [6.45, 7) is 3.29. The van der Waals surface area contributed by atoms with E-state index < -0.39 is 6.17 Å². The number of aromatic amines is 2. The van der Waals surface area contributed by atoms with E-state index in [9.17, 15) is 8.78 Å². The topological polar surface area (TPSA) is 44.0 Å². The van der Waals surface area contributed by atoms with E-state index in [4.69, 9.17) is 4.74 Å². The molecule has 0 fully saturated rings. The van der Waals surface area contributed by atoms with Crippen molar-refractivity contribution in [3.63, 3.8) is 0 Å². The molecule has 2 heterocycles. The van der Waals surface area contributed by atoms with Crippen molar-refractivity contribution in [3.05, 3.63) is 46.9 Å². The van der Waals surface area contributed by atoms with E-state index in [0.29, 0.717) is 18.8 Å². The summed E-state index contributed by atoms with van der Waals surface area (Å²) in [4.78, 5) is 8.92. The lowest BCUT2D eigenvalue weighted by atomic mass is 9.94. The van der Waals surface area contributed by atoms with Crippen LogP contribution in [0.2, 0.25) is 0 Å². The summed E-state index contributed by atoms with van der Waals surface area (Å²) >= 11 is 0. The van der Waals surface area contributed by atoms with Crippen LogP contribution in [0.25, 0.3) is 38.8 Å². The highest BCUT2D eigenvalue weighted by Crippen LogP contribution is 2.44. The molecule has 6 heteroatoms. The van der Waals surface area contributed by atoms with Gasteiger partial charge in [0, 0.05) is 40.3 Å². The predicted octanol–water partition coefficient (Wildman–Crippen LogP) is 5.10. The Bertz CT molecular complexity index is 1280. The van der Waals surface area contributed by atoms with Gasteiger partial charge >= 0.3 is 0 Å². The maximum atomic E-state index is 14.2. The highest BCUT2D eigenvalue weighted by molar-refractivity contribution is 6.18. The van der Waals surface area contributed by atoms with Crippen LogP contribution < -0.4 is 4.74 Å². The zero-order valence-electron chi connectivity index (χ0n) is 16.7. The lowest BCUT2D eigenvalue weighted by Gasteiger charge is -2.15. The van der Waals surface area contributed by atoms with Crippen LogP contribution in [0.4, 0.5) is 8.78 Å². The molecule has 150 valence electrons. The zero-order chi connectivity index (χ0) is 20.3. The predicted molar refractivity (Wildman–Crippen MR) is 114 cm³/mol. The summed E-state index contributed by atoms with van der Waals surface area (Å²) in [5.41, 5.74) is 5.44. The number of hydrogen-bond donors (Lipinski definition) is 2. The van der Waals surface area contributed by atoms with Crippen molar-refractivity contribution < 1.29 is 13.5 Å². The number of aryl methyl sites for hydroxylation is 1. The molecule has 29 heavy (non-hydrogen) atoms. The monoisotopic (exact) mass is 395 g/mol. The number of rotatable bonds is 4. The molecule has 1 aliphatic carbocycles. The standard InChI is InChI=1S/C23H23F2N3O/c1-12-19-15-10-13(24)4-6-17(15)26-21(19)23(29-9-8-28(2)3)22-20(12)16-11-14(25)5-7-18(16)27-22/h4-7,10,14,26-27H,8-9,11H2,1-3H3. The number of alkyl halides is 1. The first-order valence-corrected chi connectivity index (χ1v) is 9.82. The number of aromatic nitrogens is 2. The van der Waals surface area contributed by atoms with Crippen LogP contribution in [-0.2, 0) is 6.42 Å². The molecule has 0 bridgehead atoms. The van der Waals surface area contributed by atoms with E-state index in [-0.39, 0.29) is 5.82 Å². The number of hydrogen-bond acceptors (Lipinski definition) is 2. The molecule has 0 saturated carbocycles. The molecule has 0 radical (unpaired) electrons. The molecule has 2 N–H and O–H groups in total. The van der Waals surface area contributed by atoms with E-state index in [0.717, 1.165) is 56.1 Å². The van der Waals surface area contributed by atoms with Gasteiger partial charge in [-0.3, -0.25) is 0 Å². The van der Waals surface area contributed by atoms with Gasteiger partial charge < -0.3 is 19.6 Å². The Kier molecular flexibility index (Phi) is 4.13. The van der Waals surface area contributed by atoms with Crippen LogP contribution in [0.1, 0.15) is 16.8 Å². The van der Waals surface area contributed by atoms with Crippen LogP contribution >= 0.6 is 0 Å². The van der Waals surface area contributed by atoms with Crippen LogP contribution in [0.15, 0.2) is 24.3 Å². The number of ether oxygens (including phenoxy) is 1. The van der Waals surface area contributed by atoms with Crippen LogP contribution in [0, 0.1) is 12.7 Å². The average molecular weight is 395 g/mol. The quantitative estimate of drug-likeness (QED) is 0.505. The maximum absolute atomic E-state index is 14.2. The smallest absolute Gasteiger partial charge is 0.167 e. The number of halogens is 2. The number of benzene rings is 2. The summed E-state index contributed by atoms with van der Waals surface area (Å²) in [5, 5.41) is 2.72. The fraction of sp³-hybridized carbons (Fsp3) is 0.304. The number of allylic oxidation sites excluding steroid dienone is 1. The second-order valence-electron chi connectivity index (χ2n) is 8.02. The minimum absolute atomic E-state index is 0.282. The number of nitrogens with one attached hydrogen (secondary N) is 2. The molecule has 5 rings (SSSR count). The second-order valence-corrected chi connectivity index (χ2v) is 8.02. The Hall–Kier alpha value is -2.86. The summed E-state index contributed by atoms with van der Waals surface area (Å²) in [5.74, 6) is 0.424. The average Bonchev–Trinajstić information content (AvgIpc) is 3.22. The Morgan fingerprint density at radius 1 is 1.17 bits per heavy atom. The van der Waals surface area contributed by atoms with Gasteiger partial charge in [-0.1, -0.05) is 0 Å². The van der Waals surface area contributed by atoms with Gasteiger partial charge in [0.25, 0.3) is 0 Å². The molecule has 0 spiro atoms. The molecule has 1 atom stereocenters. The summed E-state index contributed by atoms with van der Waals surface area (Å²) in [6.07, 6.45) is 2.70. The lowest BCUT2D eigenvalue weighted by Crippen LogP contribution is -2.19. The van der Waals surface area contributed by atoms with Crippen molar-refractivity contribution >= 4 is 38.8 Å². The molecule has 0 amide bonds. The zero-order valence-corrected chi connectivity index (χ0v) is 16.7. The molecule has 0 aliphatic heterocycles. The van der Waals surface area contributed by atoms with Crippen LogP contribution in [0.3, 0.4) is 0 Å². The normalized spacial score (nSPS) is 16.4. The van der Waals surface area contributed by atoms with E-state index >= 15 is 0 Å². The molecular formula is C23H23F2N3O. The first kappa shape index (κ1) is 18.2. The molecule has 4 aromatic rings. The fourth-order valence-electron chi connectivity index (χ4n) is 4.41. The summed E-state index contributed by atoms with van der Waals surface area (Å²) in [6, 6.07) is 4.75. The van der Waals surface area contributed by atoms with Gasteiger partial charge in [-0.25, -0.2) is 8.78 Å². The van der Waals surface area contributed by atoms with Crippen molar-refractivity contribution in [1.29, 1.82) is 0 Å². The highest BCUT2D eigenvalue weighted by Gasteiger charge is 2.25. The minimum Gasteiger partial charge on any atom is -0.488 e. The van der Waals surface area contributed by atoms with E-state index in [1.54, 1.807) is 24.3 Å². The molecule has 1 aliphatic rings. The largest absolute Gasteiger partial charge is 0.488 e. The van der Waals surface area contributed by atoms with Gasteiger partial charge in [0.05, 0.1) is 11.0 Å². The van der Waals surface area contributed by atoms with E-state index in [1.165, 1.54) is 6.07 Å². The third-order valence-electron chi connectivity index (χ3n) is 5.76. The van der Waals surface area contributed by atoms with Gasteiger partial charge in [-0.2, -0.15) is 0 Å². The molecule has 2 aromatic heterocycles. The Labute approximate surface area is 167 Å². The van der Waals surface area contributed by atoms with Crippen molar-refractivity contribution in [2.75, 3.05) is 27.2 Å². The third-order valence-corrected chi connectivity index (χ3v) is 5.76. The molecule has 1 unspecified atom stereocenters. The number of nitrogens with zero attached hydrogens (tertiary/aromatic N) is 1. The third kappa shape index (κ3) is 2.82. The number of H-pyrrole nitrogens is 2. The minimum atomic E-state index is -1.00. The first-order valence-electron chi connectivity index (χ1n) is 9.82. The maximum Gasteiger partial charge on any atom is 0.167 e. The number of likely N-dealkylation sites (N-methyl/N-ethyl adjacent to an activating group) is 1. The Balaban J connectivity index is 1.85. The SMILES string of the molecule is Cc1c2c3c([nH]c2c(OCCN(C)C)c2[nH]c4ccc(F)cc4c12)C=CC(F)C3. The summed E-state index contributed by atoms with van der Waals surface area (Å²) in [7, 11) is 3.99. The van der Waals surface area contributed by atoms with Crippen molar-refractivity contribution in [1.82, 2.24) is 14.9 Å². The van der Waals surface area contributed by atoms with E-state index in [2.05, 4.69) is 14.9 Å². The van der Waals surface area contributed by atoms with Crippen molar-refractivity contribution in [3.8, 4) is 5.75 Å². The van der Waals surface area contributed by atoms with Gasteiger partial charge in [0.15, 0.2) is 5.75 Å². The molecule has 2 aromatic carbocycles. The van der Waals surface area contributed by atoms with Gasteiger partial charge in [0.2, 0.25) is 0 Å². The fourth-order valence-corrected chi connectivity index (χ4v) is 4.41. The molecular weight excluding hydrogens is 372 g/mol. The molecule has 4 nitrogen and oxygen atoms in total. The first-order chi connectivity index (χ1) is 13.9. The van der Waals surface area contributed by atoms with E-state index in [1.807, 2.05) is 21.0 Å². The Morgan fingerprint density at radius 3 is 2.76 bits per heavy atom. The van der Waals surface area contributed by atoms with Gasteiger partial charge in [-0.15, -0.1) is 0 Å². The number of fused-ring (bicyclic) bond motifs is 6. The van der Waals surface area contributed by atoms with Crippen LogP contribution in [0.5, 0.6) is 5.75 Å². The highest BCUT2D eigenvalue weighted by atomic mass is 19.1. The van der Waals surface area contributed by atoms with Crippen molar-refractivity contribution in [2.24, 2.45) is 0 Å². The van der Waals surface area contributed by atoms with Gasteiger partial charge in [0.1, 0.15) is 18.6 Å². The van der Waals surface area contributed by atoms with Crippen LogP contribution in [-0.4, -0.2) is 48.3 Å². The molecule has 0 saturated heterocycles. The summed E-state index contributed by atoms with van der Waals surface area (Å²) < 4.78 is 34.4. The Morgan fingerprint density at radius 2 is 1.97 bits per heavy atom. The van der Waals surface area contributed by atoms with Crippen molar-refractivity contribution in [2.45, 2.75) is 19.5 Å². The second kappa shape index (κ2) is 6.59. The lowest BCUT2D eigenvalue weighted by molar-refractivity contribution is 0.265.